The van der Waals surface area contributed by atoms with Crippen LogP contribution in [0.4, 0.5) is 0 Å². The van der Waals surface area contributed by atoms with Crippen LogP contribution in [0.5, 0.6) is 0 Å². The third kappa shape index (κ3) is 3.78. The number of rotatable bonds is 6. The predicted molar refractivity (Wildman–Crippen MR) is 63.8 cm³/mol. The van der Waals surface area contributed by atoms with Gasteiger partial charge in [0.2, 0.25) is 0 Å². The molecule has 0 amide bonds. The Bertz CT molecular complexity index is 233. The van der Waals surface area contributed by atoms with E-state index in [1.165, 1.54) is 11.3 Å². The van der Waals surface area contributed by atoms with Crippen molar-refractivity contribution >= 4 is 11.3 Å². The summed E-state index contributed by atoms with van der Waals surface area (Å²) in [6.07, 6.45) is 1.21. The predicted octanol–water partition coefficient (Wildman–Crippen LogP) is 2.18. The first-order valence-corrected chi connectivity index (χ1v) is 5.99. The normalized spacial score (nSPS) is 13.4. The third-order valence-corrected chi connectivity index (χ3v) is 3.41. The molecular weight excluding hydrogens is 192 g/mol. The Labute approximate surface area is 90.9 Å². The Morgan fingerprint density at radius 2 is 2.36 bits per heavy atom. The average molecular weight is 212 g/mol. The highest BCUT2D eigenvalue weighted by Crippen LogP contribution is 2.13. The third-order valence-electron chi connectivity index (χ3n) is 2.55. The van der Waals surface area contributed by atoms with E-state index in [2.05, 4.69) is 41.7 Å². The highest BCUT2D eigenvalue weighted by Gasteiger charge is 2.08. The molecule has 1 rings (SSSR count). The molecule has 0 fully saturated rings. The summed E-state index contributed by atoms with van der Waals surface area (Å²) in [6.45, 7) is 4.45. The summed E-state index contributed by atoms with van der Waals surface area (Å²) in [6, 6.07) is 4.96. The maximum Gasteiger partial charge on any atom is 0.0327 e. The summed E-state index contributed by atoms with van der Waals surface area (Å²) in [4.78, 5) is 3.85. The molecule has 0 aliphatic carbocycles. The van der Waals surface area contributed by atoms with Gasteiger partial charge in [-0.1, -0.05) is 6.07 Å². The molecule has 1 atom stereocenters. The Hall–Kier alpha value is -0.380. The van der Waals surface area contributed by atoms with Crippen LogP contribution < -0.4 is 5.32 Å². The van der Waals surface area contributed by atoms with Crippen molar-refractivity contribution in [2.24, 2.45) is 0 Å². The fourth-order valence-corrected chi connectivity index (χ4v) is 2.15. The minimum atomic E-state index is 0.643. The van der Waals surface area contributed by atoms with E-state index in [0.29, 0.717) is 6.04 Å². The van der Waals surface area contributed by atoms with Crippen LogP contribution in [-0.4, -0.2) is 31.6 Å². The first-order chi connectivity index (χ1) is 6.74. The van der Waals surface area contributed by atoms with Crippen LogP contribution in [0.25, 0.3) is 0 Å². The summed E-state index contributed by atoms with van der Waals surface area (Å²) in [7, 11) is 4.20. The van der Waals surface area contributed by atoms with E-state index >= 15 is 0 Å². The lowest BCUT2D eigenvalue weighted by Gasteiger charge is -2.23. The minimum absolute atomic E-state index is 0.643. The number of hydrogen-bond acceptors (Lipinski definition) is 3. The van der Waals surface area contributed by atoms with Crippen LogP contribution in [0.15, 0.2) is 17.5 Å². The molecule has 0 saturated carbocycles. The van der Waals surface area contributed by atoms with Crippen LogP contribution in [0, 0.1) is 0 Å². The van der Waals surface area contributed by atoms with Gasteiger partial charge < -0.3 is 5.32 Å². The first-order valence-electron chi connectivity index (χ1n) is 5.11. The standard InChI is InChI=1S/C11H20N2S/c1-10(6-7-12-2)13(3)9-11-5-4-8-14-11/h4-5,8,10,12H,6-7,9H2,1-3H3. The van der Waals surface area contributed by atoms with Crippen LogP contribution in [0.3, 0.4) is 0 Å². The van der Waals surface area contributed by atoms with Crippen molar-refractivity contribution in [1.29, 1.82) is 0 Å². The second kappa shape index (κ2) is 6.17. The molecular formula is C11H20N2S. The summed E-state index contributed by atoms with van der Waals surface area (Å²) in [5.74, 6) is 0. The SMILES string of the molecule is CNCCC(C)N(C)Cc1cccs1. The van der Waals surface area contributed by atoms with E-state index in [9.17, 15) is 0 Å². The number of nitrogens with zero attached hydrogens (tertiary/aromatic N) is 1. The lowest BCUT2D eigenvalue weighted by atomic mass is 10.2. The maximum absolute atomic E-state index is 3.19. The summed E-state index contributed by atoms with van der Waals surface area (Å²) >= 11 is 1.84. The van der Waals surface area contributed by atoms with Gasteiger partial charge in [-0.05, 0) is 45.4 Å². The van der Waals surface area contributed by atoms with Crippen molar-refractivity contribution in [2.75, 3.05) is 20.6 Å². The highest BCUT2D eigenvalue weighted by atomic mass is 32.1. The molecule has 1 aromatic rings. The fourth-order valence-electron chi connectivity index (χ4n) is 1.38. The molecule has 1 N–H and O–H groups in total. The van der Waals surface area contributed by atoms with E-state index < -0.39 is 0 Å². The zero-order chi connectivity index (χ0) is 10.4. The van der Waals surface area contributed by atoms with Gasteiger partial charge >= 0.3 is 0 Å². The molecule has 14 heavy (non-hydrogen) atoms. The van der Waals surface area contributed by atoms with E-state index in [0.717, 1.165) is 13.1 Å². The molecule has 0 saturated heterocycles. The van der Waals surface area contributed by atoms with E-state index in [1.54, 1.807) is 0 Å². The van der Waals surface area contributed by atoms with Gasteiger partial charge in [-0.25, -0.2) is 0 Å². The molecule has 3 heteroatoms. The fraction of sp³-hybridized carbons (Fsp3) is 0.636. The van der Waals surface area contributed by atoms with Gasteiger partial charge in [0.15, 0.2) is 0 Å². The monoisotopic (exact) mass is 212 g/mol. The molecule has 80 valence electrons. The van der Waals surface area contributed by atoms with Crippen molar-refractivity contribution in [2.45, 2.75) is 25.9 Å². The van der Waals surface area contributed by atoms with Crippen molar-refractivity contribution in [3.05, 3.63) is 22.4 Å². The van der Waals surface area contributed by atoms with Gasteiger partial charge in [0.25, 0.3) is 0 Å². The van der Waals surface area contributed by atoms with Crippen LogP contribution in [0.1, 0.15) is 18.2 Å². The van der Waals surface area contributed by atoms with Gasteiger partial charge in [-0.15, -0.1) is 11.3 Å². The summed E-state index contributed by atoms with van der Waals surface area (Å²) in [5, 5.41) is 5.33. The molecule has 1 unspecified atom stereocenters. The molecule has 0 bridgehead atoms. The van der Waals surface area contributed by atoms with Crippen LogP contribution >= 0.6 is 11.3 Å². The molecule has 0 aromatic carbocycles. The molecule has 0 aliphatic rings. The zero-order valence-electron chi connectivity index (χ0n) is 9.29. The smallest absolute Gasteiger partial charge is 0.0327 e. The Balaban J connectivity index is 2.30. The van der Waals surface area contributed by atoms with Gasteiger partial charge in [0.1, 0.15) is 0 Å². The average Bonchev–Trinajstić information content (AvgIpc) is 2.66. The van der Waals surface area contributed by atoms with Crippen molar-refractivity contribution in [3.8, 4) is 0 Å². The van der Waals surface area contributed by atoms with E-state index in [1.807, 2.05) is 18.4 Å². The van der Waals surface area contributed by atoms with Gasteiger partial charge in [-0.3, -0.25) is 4.90 Å². The molecule has 2 nitrogen and oxygen atoms in total. The lowest BCUT2D eigenvalue weighted by molar-refractivity contribution is 0.239. The Morgan fingerprint density at radius 1 is 1.57 bits per heavy atom. The second-order valence-corrected chi connectivity index (χ2v) is 4.77. The molecule has 1 heterocycles. The zero-order valence-corrected chi connectivity index (χ0v) is 10.1. The molecule has 1 aromatic heterocycles. The first kappa shape index (κ1) is 11.7. The number of thiophene rings is 1. The summed E-state index contributed by atoms with van der Waals surface area (Å²) in [5.41, 5.74) is 0. The summed E-state index contributed by atoms with van der Waals surface area (Å²) < 4.78 is 0. The second-order valence-electron chi connectivity index (χ2n) is 3.74. The highest BCUT2D eigenvalue weighted by molar-refractivity contribution is 7.09. The van der Waals surface area contributed by atoms with Crippen molar-refractivity contribution in [1.82, 2.24) is 10.2 Å². The molecule has 0 aliphatic heterocycles. The van der Waals surface area contributed by atoms with Crippen molar-refractivity contribution < 1.29 is 0 Å². The quantitative estimate of drug-likeness (QED) is 0.777. The van der Waals surface area contributed by atoms with Crippen LogP contribution in [-0.2, 0) is 6.54 Å². The van der Waals surface area contributed by atoms with E-state index in [-0.39, 0.29) is 0 Å². The Kier molecular flexibility index (Phi) is 5.15. The lowest BCUT2D eigenvalue weighted by Crippen LogP contribution is -2.30. The maximum atomic E-state index is 3.19. The number of hydrogen-bond donors (Lipinski definition) is 1. The van der Waals surface area contributed by atoms with E-state index in [4.69, 9.17) is 0 Å². The van der Waals surface area contributed by atoms with Crippen molar-refractivity contribution in [3.63, 3.8) is 0 Å². The van der Waals surface area contributed by atoms with Crippen LogP contribution in [0.2, 0.25) is 0 Å². The largest absolute Gasteiger partial charge is 0.320 e. The topological polar surface area (TPSA) is 15.3 Å². The molecule has 0 spiro atoms. The Morgan fingerprint density at radius 3 is 2.93 bits per heavy atom. The molecule has 0 radical (unpaired) electrons. The van der Waals surface area contributed by atoms with Gasteiger partial charge in [0, 0.05) is 17.5 Å². The minimum Gasteiger partial charge on any atom is -0.320 e. The number of nitrogens with one attached hydrogen (secondary N) is 1. The van der Waals surface area contributed by atoms with Gasteiger partial charge in [-0.2, -0.15) is 0 Å². The van der Waals surface area contributed by atoms with Gasteiger partial charge in [0.05, 0.1) is 0 Å².